The molecule has 0 fully saturated rings. The maximum Gasteiger partial charge on any atom is 0.325 e. The number of aliphatic hydroxyl groups excluding tert-OH is 2. The van der Waals surface area contributed by atoms with E-state index in [1.165, 1.54) is 6.92 Å². The number of nitrogens with one attached hydrogen (secondary N) is 1. The van der Waals surface area contributed by atoms with Crippen LogP contribution < -0.4 is 5.32 Å². The number of carboxylic acids is 1. The molecule has 1 unspecified atom stereocenters. The van der Waals surface area contributed by atoms with E-state index in [9.17, 15) is 9.59 Å². The first-order valence-corrected chi connectivity index (χ1v) is 4.53. The number of carbonyl (C=O) groups excluding carboxylic acids is 1. The van der Waals surface area contributed by atoms with Crippen molar-refractivity contribution in [1.82, 2.24) is 10.2 Å². The maximum absolute atomic E-state index is 11.4. The van der Waals surface area contributed by atoms with Crippen molar-refractivity contribution >= 4 is 12.0 Å². The van der Waals surface area contributed by atoms with Crippen LogP contribution in [0.25, 0.3) is 0 Å². The van der Waals surface area contributed by atoms with Gasteiger partial charge in [0.1, 0.15) is 6.04 Å². The Kier molecular flexibility index (Phi) is 6.39. The third kappa shape index (κ3) is 5.18. The smallest absolute Gasteiger partial charge is 0.325 e. The van der Waals surface area contributed by atoms with Crippen molar-refractivity contribution in [1.29, 1.82) is 0 Å². The Labute approximate surface area is 87.3 Å². The largest absolute Gasteiger partial charge is 0.480 e. The second kappa shape index (κ2) is 7.02. The highest BCUT2D eigenvalue weighted by atomic mass is 16.4. The summed E-state index contributed by atoms with van der Waals surface area (Å²) >= 11 is 0. The third-order valence-electron chi connectivity index (χ3n) is 1.74. The number of amides is 2. The molecule has 15 heavy (non-hydrogen) atoms. The quantitative estimate of drug-likeness (QED) is 0.433. The minimum absolute atomic E-state index is 0.0543. The van der Waals surface area contributed by atoms with E-state index in [2.05, 4.69) is 5.32 Å². The SMILES string of the molecule is CC(NC(=O)N(CCO)CCO)C(=O)O. The number of hydrogen-bond donors (Lipinski definition) is 4. The van der Waals surface area contributed by atoms with Crippen LogP contribution >= 0.6 is 0 Å². The molecule has 0 rings (SSSR count). The van der Waals surface area contributed by atoms with Gasteiger partial charge in [-0.15, -0.1) is 0 Å². The molecule has 0 aliphatic heterocycles. The number of aliphatic hydroxyl groups is 2. The molecule has 1 atom stereocenters. The molecule has 0 spiro atoms. The molecule has 0 bridgehead atoms. The molecule has 7 heteroatoms. The summed E-state index contributed by atoms with van der Waals surface area (Å²) in [5, 5.41) is 28.0. The van der Waals surface area contributed by atoms with E-state index < -0.39 is 18.0 Å². The van der Waals surface area contributed by atoms with Gasteiger partial charge < -0.3 is 25.5 Å². The molecule has 0 heterocycles. The van der Waals surface area contributed by atoms with Gasteiger partial charge in [0.25, 0.3) is 0 Å². The summed E-state index contributed by atoms with van der Waals surface area (Å²) in [7, 11) is 0. The number of carboxylic acid groups (broad SMARTS) is 1. The molecule has 7 nitrogen and oxygen atoms in total. The first-order valence-electron chi connectivity index (χ1n) is 4.53. The van der Waals surface area contributed by atoms with E-state index >= 15 is 0 Å². The van der Waals surface area contributed by atoms with Gasteiger partial charge in [0.15, 0.2) is 0 Å². The monoisotopic (exact) mass is 220 g/mol. The van der Waals surface area contributed by atoms with Crippen molar-refractivity contribution in [3.63, 3.8) is 0 Å². The Hall–Kier alpha value is -1.34. The van der Waals surface area contributed by atoms with Crippen molar-refractivity contribution in [2.75, 3.05) is 26.3 Å². The van der Waals surface area contributed by atoms with Gasteiger partial charge in [0.2, 0.25) is 0 Å². The molecule has 0 aromatic rings. The highest BCUT2D eigenvalue weighted by Gasteiger charge is 2.18. The Balaban J connectivity index is 4.18. The van der Waals surface area contributed by atoms with Crippen LogP contribution in [0.4, 0.5) is 4.79 Å². The molecule has 0 aliphatic carbocycles. The Bertz CT molecular complexity index is 215. The van der Waals surface area contributed by atoms with Crippen LogP contribution in [0.3, 0.4) is 0 Å². The lowest BCUT2D eigenvalue weighted by molar-refractivity contribution is -0.138. The van der Waals surface area contributed by atoms with Gasteiger partial charge in [-0.25, -0.2) is 4.79 Å². The summed E-state index contributed by atoms with van der Waals surface area (Å²) in [5.41, 5.74) is 0. The van der Waals surface area contributed by atoms with E-state index in [0.717, 1.165) is 4.90 Å². The van der Waals surface area contributed by atoms with Gasteiger partial charge in [0.05, 0.1) is 13.2 Å². The van der Waals surface area contributed by atoms with Gasteiger partial charge in [-0.3, -0.25) is 4.79 Å². The molecule has 4 N–H and O–H groups in total. The molecule has 0 saturated heterocycles. The summed E-state index contributed by atoms with van der Waals surface area (Å²) in [5.74, 6) is -1.14. The average Bonchev–Trinajstić information content (AvgIpc) is 2.17. The van der Waals surface area contributed by atoms with Crippen molar-refractivity contribution in [3.8, 4) is 0 Å². The highest BCUT2D eigenvalue weighted by Crippen LogP contribution is 1.91. The molecule has 0 aromatic carbocycles. The summed E-state index contributed by atoms with van der Waals surface area (Å²) in [4.78, 5) is 22.9. The standard InChI is InChI=1S/C8H16N2O5/c1-6(7(13)14)9-8(15)10(2-4-11)3-5-12/h6,11-12H,2-5H2,1H3,(H,9,15)(H,13,14). The van der Waals surface area contributed by atoms with E-state index in [-0.39, 0.29) is 26.3 Å². The lowest BCUT2D eigenvalue weighted by Crippen LogP contribution is -2.48. The Morgan fingerprint density at radius 1 is 1.27 bits per heavy atom. The summed E-state index contributed by atoms with van der Waals surface area (Å²) in [6.45, 7) is 0.956. The maximum atomic E-state index is 11.4. The first-order chi connectivity index (χ1) is 7.02. The van der Waals surface area contributed by atoms with Crippen LogP contribution in [0.2, 0.25) is 0 Å². The van der Waals surface area contributed by atoms with Crippen molar-refractivity contribution in [2.24, 2.45) is 0 Å². The lowest BCUT2D eigenvalue weighted by atomic mass is 10.3. The highest BCUT2D eigenvalue weighted by molar-refractivity contribution is 5.82. The van der Waals surface area contributed by atoms with E-state index in [1.54, 1.807) is 0 Å². The molecule has 2 amide bonds. The van der Waals surface area contributed by atoms with Gasteiger partial charge in [-0.1, -0.05) is 0 Å². The first kappa shape index (κ1) is 13.7. The van der Waals surface area contributed by atoms with Crippen molar-refractivity contribution < 1.29 is 24.9 Å². The topological polar surface area (TPSA) is 110 Å². The molecule has 88 valence electrons. The van der Waals surface area contributed by atoms with E-state index in [0.29, 0.717) is 0 Å². The Morgan fingerprint density at radius 2 is 1.73 bits per heavy atom. The Morgan fingerprint density at radius 3 is 2.07 bits per heavy atom. The van der Waals surface area contributed by atoms with Crippen LogP contribution in [0, 0.1) is 0 Å². The van der Waals surface area contributed by atoms with Crippen LogP contribution in [0.15, 0.2) is 0 Å². The summed E-state index contributed by atoms with van der Waals surface area (Å²) in [6.07, 6.45) is 0. The minimum Gasteiger partial charge on any atom is -0.480 e. The van der Waals surface area contributed by atoms with Gasteiger partial charge in [0, 0.05) is 13.1 Å². The number of urea groups is 1. The van der Waals surface area contributed by atoms with Crippen LogP contribution in [-0.4, -0.2) is 64.6 Å². The minimum atomic E-state index is -1.14. The second-order valence-electron chi connectivity index (χ2n) is 2.94. The van der Waals surface area contributed by atoms with Crippen LogP contribution in [-0.2, 0) is 4.79 Å². The number of nitrogens with zero attached hydrogens (tertiary/aromatic N) is 1. The summed E-state index contributed by atoms with van der Waals surface area (Å²) in [6, 6.07) is -1.62. The van der Waals surface area contributed by atoms with Crippen LogP contribution in [0.1, 0.15) is 6.92 Å². The predicted molar refractivity (Wildman–Crippen MR) is 51.4 cm³/mol. The molecular weight excluding hydrogens is 204 g/mol. The third-order valence-corrected chi connectivity index (χ3v) is 1.74. The lowest BCUT2D eigenvalue weighted by Gasteiger charge is -2.22. The fraction of sp³-hybridized carbons (Fsp3) is 0.750. The predicted octanol–water partition coefficient (Wildman–Crippen LogP) is -1.54. The molecule has 0 aliphatic rings. The average molecular weight is 220 g/mol. The van der Waals surface area contributed by atoms with Gasteiger partial charge in [-0.05, 0) is 6.92 Å². The van der Waals surface area contributed by atoms with E-state index in [1.807, 2.05) is 0 Å². The molecule has 0 radical (unpaired) electrons. The number of aliphatic carboxylic acids is 1. The molecule has 0 saturated carbocycles. The summed E-state index contributed by atoms with van der Waals surface area (Å²) < 4.78 is 0. The fourth-order valence-corrected chi connectivity index (χ4v) is 0.895. The van der Waals surface area contributed by atoms with Gasteiger partial charge in [-0.2, -0.15) is 0 Å². The van der Waals surface area contributed by atoms with Crippen molar-refractivity contribution in [3.05, 3.63) is 0 Å². The number of carbonyl (C=O) groups is 2. The zero-order chi connectivity index (χ0) is 11.8. The van der Waals surface area contributed by atoms with Crippen molar-refractivity contribution in [2.45, 2.75) is 13.0 Å². The zero-order valence-electron chi connectivity index (χ0n) is 8.51. The van der Waals surface area contributed by atoms with Gasteiger partial charge >= 0.3 is 12.0 Å². The molecular formula is C8H16N2O5. The fourth-order valence-electron chi connectivity index (χ4n) is 0.895. The second-order valence-corrected chi connectivity index (χ2v) is 2.94. The normalized spacial score (nSPS) is 11.9. The van der Waals surface area contributed by atoms with E-state index in [4.69, 9.17) is 15.3 Å². The van der Waals surface area contributed by atoms with Crippen LogP contribution in [0.5, 0.6) is 0 Å². The zero-order valence-corrected chi connectivity index (χ0v) is 8.51. The number of hydrogen-bond acceptors (Lipinski definition) is 4. The number of rotatable bonds is 6. The molecule has 0 aromatic heterocycles.